The predicted molar refractivity (Wildman–Crippen MR) is 143 cm³/mol. The van der Waals surface area contributed by atoms with Crippen LogP contribution in [0, 0.1) is 20.8 Å². The van der Waals surface area contributed by atoms with Gasteiger partial charge in [0.15, 0.2) is 0 Å². The van der Waals surface area contributed by atoms with E-state index in [1.54, 1.807) is 6.20 Å². The van der Waals surface area contributed by atoms with Crippen molar-refractivity contribution in [3.63, 3.8) is 0 Å². The molecule has 4 aromatic rings. The summed E-state index contributed by atoms with van der Waals surface area (Å²) in [5, 5.41) is 11.4. The van der Waals surface area contributed by atoms with E-state index in [0.717, 1.165) is 49.1 Å². The second kappa shape index (κ2) is 9.76. The normalized spacial score (nSPS) is 14.2. The van der Waals surface area contributed by atoms with Crippen molar-refractivity contribution in [2.75, 3.05) is 48.8 Å². The lowest BCUT2D eigenvalue weighted by molar-refractivity contribution is 0.313. The van der Waals surface area contributed by atoms with Gasteiger partial charge < -0.3 is 20.4 Å². The lowest BCUT2D eigenvalue weighted by Crippen LogP contribution is -2.44. The standard InChI is InChI=1S/C27H32N8/c1-19-5-8-24(17-20(19)2)35-26(18-21(3)32-35)30-25-11-12-28-27(31-25)29-22-6-9-23(10-7-22)34-15-13-33(4)14-16-34/h5-12,17-18H,13-16H2,1-4H3,(H2,28,29,30,31). The maximum absolute atomic E-state index is 4.68. The number of hydrogen-bond donors (Lipinski definition) is 2. The number of benzene rings is 2. The fraction of sp³-hybridized carbons (Fsp3) is 0.296. The number of anilines is 5. The SMILES string of the molecule is Cc1cc(Nc2ccnc(Nc3ccc(N4CCN(C)CC4)cc3)n2)n(-c2ccc(C)c(C)c2)n1. The first-order valence-corrected chi connectivity index (χ1v) is 12.0. The van der Waals surface area contributed by atoms with Crippen LogP contribution < -0.4 is 15.5 Å². The van der Waals surface area contributed by atoms with Crippen LogP contribution in [0.15, 0.2) is 60.8 Å². The maximum Gasteiger partial charge on any atom is 0.229 e. The van der Waals surface area contributed by atoms with Crippen molar-refractivity contribution in [1.82, 2.24) is 24.6 Å². The van der Waals surface area contributed by atoms with Crippen LogP contribution in [0.1, 0.15) is 16.8 Å². The molecule has 0 unspecified atom stereocenters. The smallest absolute Gasteiger partial charge is 0.229 e. The van der Waals surface area contributed by atoms with Crippen LogP contribution in [0.25, 0.3) is 5.69 Å². The van der Waals surface area contributed by atoms with Crippen molar-refractivity contribution in [1.29, 1.82) is 0 Å². The Morgan fingerprint density at radius 2 is 1.51 bits per heavy atom. The maximum atomic E-state index is 4.68. The highest BCUT2D eigenvalue weighted by Crippen LogP contribution is 2.24. The predicted octanol–water partition coefficient (Wildman–Crippen LogP) is 4.83. The van der Waals surface area contributed by atoms with Crippen molar-refractivity contribution in [2.24, 2.45) is 0 Å². The topological polar surface area (TPSA) is 74.1 Å². The molecule has 1 aliphatic heterocycles. The van der Waals surface area contributed by atoms with E-state index in [1.807, 2.05) is 23.7 Å². The number of nitrogens with one attached hydrogen (secondary N) is 2. The summed E-state index contributed by atoms with van der Waals surface area (Å²) in [7, 11) is 2.17. The van der Waals surface area contributed by atoms with Crippen LogP contribution in [0.3, 0.4) is 0 Å². The molecule has 1 aliphatic rings. The first kappa shape index (κ1) is 22.9. The second-order valence-electron chi connectivity index (χ2n) is 9.20. The van der Waals surface area contributed by atoms with Gasteiger partial charge in [0, 0.05) is 49.8 Å². The molecule has 8 heteroatoms. The molecule has 1 saturated heterocycles. The molecule has 2 aromatic heterocycles. The van der Waals surface area contributed by atoms with Crippen molar-refractivity contribution >= 4 is 29.0 Å². The highest BCUT2D eigenvalue weighted by atomic mass is 15.3. The highest BCUT2D eigenvalue weighted by molar-refractivity contribution is 5.62. The van der Waals surface area contributed by atoms with Gasteiger partial charge in [0.05, 0.1) is 11.4 Å². The van der Waals surface area contributed by atoms with E-state index >= 15 is 0 Å². The number of likely N-dealkylation sites (N-methyl/N-ethyl adjacent to an activating group) is 1. The molecule has 0 atom stereocenters. The molecular weight excluding hydrogens is 436 g/mol. The monoisotopic (exact) mass is 468 g/mol. The number of piperazine rings is 1. The van der Waals surface area contributed by atoms with Crippen molar-refractivity contribution in [3.05, 3.63) is 77.6 Å². The summed E-state index contributed by atoms with van der Waals surface area (Å²) in [4.78, 5) is 13.9. The number of aryl methyl sites for hydroxylation is 3. The number of hydrogen-bond acceptors (Lipinski definition) is 7. The van der Waals surface area contributed by atoms with Gasteiger partial charge in [-0.25, -0.2) is 9.67 Å². The van der Waals surface area contributed by atoms with E-state index in [-0.39, 0.29) is 0 Å². The van der Waals surface area contributed by atoms with Crippen LogP contribution in [0.4, 0.5) is 29.0 Å². The van der Waals surface area contributed by atoms with Gasteiger partial charge in [0.25, 0.3) is 0 Å². The van der Waals surface area contributed by atoms with E-state index in [9.17, 15) is 0 Å². The van der Waals surface area contributed by atoms with Crippen LogP contribution in [0.5, 0.6) is 0 Å². The average molecular weight is 469 g/mol. The third-order valence-corrected chi connectivity index (χ3v) is 6.47. The lowest BCUT2D eigenvalue weighted by atomic mass is 10.1. The van der Waals surface area contributed by atoms with Crippen LogP contribution in [-0.4, -0.2) is 57.9 Å². The molecule has 35 heavy (non-hydrogen) atoms. The third-order valence-electron chi connectivity index (χ3n) is 6.47. The van der Waals surface area contributed by atoms with E-state index in [1.165, 1.54) is 16.8 Å². The summed E-state index contributed by atoms with van der Waals surface area (Å²) in [5.41, 5.74) is 6.63. The van der Waals surface area contributed by atoms with Gasteiger partial charge in [-0.1, -0.05) is 6.07 Å². The van der Waals surface area contributed by atoms with Gasteiger partial charge >= 0.3 is 0 Å². The molecule has 3 heterocycles. The third kappa shape index (κ3) is 5.27. The molecule has 8 nitrogen and oxygen atoms in total. The van der Waals surface area contributed by atoms with Crippen LogP contribution >= 0.6 is 0 Å². The molecule has 0 aliphatic carbocycles. The molecule has 0 spiro atoms. The van der Waals surface area contributed by atoms with Gasteiger partial charge in [-0.05, 0) is 81.4 Å². The van der Waals surface area contributed by atoms with Gasteiger partial charge in [0.1, 0.15) is 11.6 Å². The van der Waals surface area contributed by atoms with Crippen molar-refractivity contribution < 1.29 is 0 Å². The first-order chi connectivity index (χ1) is 16.9. The first-order valence-electron chi connectivity index (χ1n) is 12.0. The van der Waals surface area contributed by atoms with E-state index in [4.69, 9.17) is 0 Å². The summed E-state index contributed by atoms with van der Waals surface area (Å²) >= 11 is 0. The Bertz CT molecular complexity index is 1300. The Morgan fingerprint density at radius 1 is 0.771 bits per heavy atom. The minimum absolute atomic E-state index is 0.538. The van der Waals surface area contributed by atoms with E-state index < -0.39 is 0 Å². The molecule has 0 radical (unpaired) electrons. The summed E-state index contributed by atoms with van der Waals surface area (Å²) < 4.78 is 1.91. The average Bonchev–Trinajstić information content (AvgIpc) is 3.22. The molecular formula is C27H32N8. The van der Waals surface area contributed by atoms with Crippen molar-refractivity contribution in [3.8, 4) is 5.69 Å². The zero-order valence-electron chi connectivity index (χ0n) is 20.8. The highest BCUT2D eigenvalue weighted by Gasteiger charge is 2.14. The molecule has 2 aromatic carbocycles. The second-order valence-corrected chi connectivity index (χ2v) is 9.20. The van der Waals surface area contributed by atoms with E-state index in [2.05, 4.69) is 98.9 Å². The molecule has 0 bridgehead atoms. The quantitative estimate of drug-likeness (QED) is 0.420. The lowest BCUT2D eigenvalue weighted by Gasteiger charge is -2.34. The van der Waals surface area contributed by atoms with Crippen molar-refractivity contribution in [2.45, 2.75) is 20.8 Å². The molecule has 0 amide bonds. The Kier molecular flexibility index (Phi) is 6.37. The van der Waals surface area contributed by atoms with Gasteiger partial charge in [-0.3, -0.25) is 0 Å². The fourth-order valence-corrected chi connectivity index (χ4v) is 4.21. The van der Waals surface area contributed by atoms with Gasteiger partial charge in [-0.2, -0.15) is 10.1 Å². The summed E-state index contributed by atoms with van der Waals surface area (Å²) in [5.74, 6) is 2.09. The zero-order chi connectivity index (χ0) is 24.4. The molecule has 0 saturated carbocycles. The van der Waals surface area contributed by atoms with Crippen LogP contribution in [-0.2, 0) is 0 Å². The Labute approximate surface area is 206 Å². The van der Waals surface area contributed by atoms with Crippen LogP contribution in [0.2, 0.25) is 0 Å². The van der Waals surface area contributed by atoms with Gasteiger partial charge in [0.2, 0.25) is 5.95 Å². The molecule has 2 N–H and O–H groups in total. The number of nitrogens with zero attached hydrogens (tertiary/aromatic N) is 6. The summed E-state index contributed by atoms with van der Waals surface area (Å²) in [6, 6.07) is 18.7. The molecule has 5 rings (SSSR count). The minimum Gasteiger partial charge on any atom is -0.369 e. The fourth-order valence-electron chi connectivity index (χ4n) is 4.21. The molecule has 180 valence electrons. The molecule has 1 fully saturated rings. The summed E-state index contributed by atoms with van der Waals surface area (Å²) in [6.45, 7) is 10.5. The summed E-state index contributed by atoms with van der Waals surface area (Å²) in [6.07, 6.45) is 1.75. The zero-order valence-corrected chi connectivity index (χ0v) is 20.8. The number of aromatic nitrogens is 4. The Hall–Kier alpha value is -3.91. The minimum atomic E-state index is 0.538. The Balaban J connectivity index is 1.30. The number of rotatable bonds is 6. The van der Waals surface area contributed by atoms with E-state index in [0.29, 0.717) is 11.8 Å². The largest absolute Gasteiger partial charge is 0.369 e. The van der Waals surface area contributed by atoms with Gasteiger partial charge in [-0.15, -0.1) is 0 Å². The Morgan fingerprint density at radius 3 is 2.26 bits per heavy atom.